The lowest BCUT2D eigenvalue weighted by atomic mass is 10.1. The van der Waals surface area contributed by atoms with Crippen LogP contribution >= 0.6 is 11.9 Å². The molecule has 0 bridgehead atoms. The quantitative estimate of drug-likeness (QED) is 0.399. The Balaban J connectivity index is 2.30. The molecule has 0 fully saturated rings. The second-order valence-electron chi connectivity index (χ2n) is 4.16. The minimum absolute atomic E-state index is 0.0676. The van der Waals surface area contributed by atoms with Crippen LogP contribution in [-0.2, 0) is 0 Å². The zero-order valence-electron chi connectivity index (χ0n) is 10.6. The van der Waals surface area contributed by atoms with Crippen LogP contribution < -0.4 is 4.22 Å². The van der Waals surface area contributed by atoms with E-state index in [0.717, 1.165) is 24.3 Å². The van der Waals surface area contributed by atoms with Crippen molar-refractivity contribution in [2.75, 3.05) is 0 Å². The highest BCUT2D eigenvalue weighted by atomic mass is 32.2. The van der Waals surface area contributed by atoms with Crippen molar-refractivity contribution in [2.45, 2.75) is 4.90 Å². The normalized spacial score (nSPS) is 12.9. The Morgan fingerprint density at radius 2 is 1.57 bits per heavy atom. The number of hydrogen-bond donors (Lipinski definition) is 1. The molecule has 2 aromatic rings. The zero-order valence-corrected chi connectivity index (χ0v) is 11.4. The number of nitro groups is 1. The average molecular weight is 314 g/mol. The fourth-order valence-corrected chi connectivity index (χ4v) is 2.61. The van der Waals surface area contributed by atoms with Crippen molar-refractivity contribution in [1.29, 1.82) is 0 Å². The molecular weight excluding hydrogens is 304 g/mol. The lowest BCUT2D eigenvalue weighted by Gasteiger charge is -2.25. The van der Waals surface area contributed by atoms with Crippen LogP contribution in [0.25, 0.3) is 0 Å². The molecule has 110 valence electrons. The molecule has 9 heteroatoms. The molecule has 0 aromatic heterocycles. The molecule has 0 heterocycles. The smallest absolute Gasteiger partial charge is 0.387 e. The van der Waals surface area contributed by atoms with E-state index in [1.165, 1.54) is 0 Å². The second kappa shape index (κ2) is 6.19. The van der Waals surface area contributed by atoms with Gasteiger partial charge in [-0.3, -0.25) is 10.1 Å². The topological polar surface area (TPSA) is 47.6 Å². The monoisotopic (exact) mass is 314 g/mol. The van der Waals surface area contributed by atoms with E-state index in [-0.39, 0.29) is 11.4 Å². The molecule has 21 heavy (non-hydrogen) atoms. The van der Waals surface area contributed by atoms with Gasteiger partial charge in [-0.05, 0) is 12.1 Å². The maximum atomic E-state index is 13.2. The number of rotatable bonds is 5. The Morgan fingerprint density at radius 1 is 1.00 bits per heavy atom. The molecule has 0 aliphatic rings. The van der Waals surface area contributed by atoms with Gasteiger partial charge in [0, 0.05) is 24.3 Å². The number of halogens is 3. The molecule has 4 nitrogen and oxygen atoms in total. The van der Waals surface area contributed by atoms with Crippen LogP contribution in [0.2, 0.25) is 0 Å². The summed E-state index contributed by atoms with van der Waals surface area (Å²) in [6.07, 6.45) is 0. The summed E-state index contributed by atoms with van der Waals surface area (Å²) in [4.78, 5) is 10.4. The van der Waals surface area contributed by atoms with E-state index in [0.29, 0.717) is 16.8 Å². The number of nitrogens with one attached hydrogen (secondary N) is 1. The van der Waals surface area contributed by atoms with Crippen LogP contribution in [0.1, 0.15) is 0 Å². The Morgan fingerprint density at radius 3 is 2.05 bits per heavy atom. The number of quaternary nitrogens is 1. The van der Waals surface area contributed by atoms with Gasteiger partial charge in [-0.15, -0.1) is 0 Å². The summed E-state index contributed by atoms with van der Waals surface area (Å²) >= 11 is 0.613. The lowest BCUT2D eigenvalue weighted by Crippen LogP contribution is -3.10. The Labute approximate surface area is 122 Å². The van der Waals surface area contributed by atoms with Gasteiger partial charge in [0.1, 0.15) is 5.69 Å². The highest BCUT2D eigenvalue weighted by Gasteiger charge is 2.44. The molecular formula is C12H10BF3N2O2S. The highest BCUT2D eigenvalue weighted by molar-refractivity contribution is 7.93. The maximum absolute atomic E-state index is 13.2. The highest BCUT2D eigenvalue weighted by Crippen LogP contribution is 2.20. The zero-order chi connectivity index (χ0) is 15.5. The number of nitrogens with zero attached hydrogens (tertiary/aromatic N) is 1. The van der Waals surface area contributed by atoms with E-state index in [9.17, 15) is 23.1 Å². The summed E-state index contributed by atoms with van der Waals surface area (Å²) in [5, 5.41) is 10.5. The first kappa shape index (κ1) is 15.4. The summed E-state index contributed by atoms with van der Waals surface area (Å²) in [7, 11) is -5.21. The summed E-state index contributed by atoms with van der Waals surface area (Å²) < 4.78 is 38.9. The van der Waals surface area contributed by atoms with Gasteiger partial charge in [0.15, 0.2) is 0 Å². The number of non-ortho nitro benzene ring substituents is 1. The van der Waals surface area contributed by atoms with Gasteiger partial charge in [0.2, 0.25) is 0 Å². The van der Waals surface area contributed by atoms with E-state index in [1.807, 2.05) is 0 Å². The van der Waals surface area contributed by atoms with Crippen molar-refractivity contribution in [3.05, 3.63) is 64.7 Å². The largest absolute Gasteiger partial charge is 0.747 e. The van der Waals surface area contributed by atoms with Gasteiger partial charge in [0.25, 0.3) is 5.69 Å². The molecule has 1 unspecified atom stereocenters. The first-order valence-electron chi connectivity index (χ1n) is 5.92. The number of hydrogen-bond acceptors (Lipinski definition) is 3. The SMILES string of the molecule is O=[N+]([O-])c1ccc([NH+](Sc2ccccc2)[B-](F)(F)F)cc1. The van der Waals surface area contributed by atoms with Gasteiger partial charge in [-0.25, -0.2) is 0 Å². The molecule has 0 saturated heterocycles. The van der Waals surface area contributed by atoms with Gasteiger partial charge in [-0.1, -0.05) is 18.2 Å². The van der Waals surface area contributed by atoms with Crippen LogP contribution in [0.4, 0.5) is 24.3 Å². The summed E-state index contributed by atoms with van der Waals surface area (Å²) in [6.45, 7) is 0. The third-order valence-electron chi connectivity index (χ3n) is 2.63. The Bertz CT molecular complexity index is 623. The molecule has 2 rings (SSSR count). The maximum Gasteiger partial charge on any atom is 0.747 e. The van der Waals surface area contributed by atoms with Crippen molar-refractivity contribution in [1.82, 2.24) is 0 Å². The molecule has 0 spiro atoms. The fourth-order valence-electron chi connectivity index (χ4n) is 1.68. The van der Waals surface area contributed by atoms with Gasteiger partial charge >= 0.3 is 7.11 Å². The van der Waals surface area contributed by atoms with E-state index in [4.69, 9.17) is 0 Å². The average Bonchev–Trinajstić information content (AvgIpc) is 2.45. The second-order valence-corrected chi connectivity index (χ2v) is 5.27. The van der Waals surface area contributed by atoms with E-state index in [1.54, 1.807) is 30.3 Å². The van der Waals surface area contributed by atoms with Crippen LogP contribution in [0.5, 0.6) is 0 Å². The van der Waals surface area contributed by atoms with Crippen molar-refractivity contribution >= 4 is 30.4 Å². The Hall–Kier alpha value is -2.00. The first-order valence-corrected chi connectivity index (χ1v) is 6.74. The van der Waals surface area contributed by atoms with Crippen molar-refractivity contribution < 1.29 is 22.1 Å². The predicted octanol–water partition coefficient (Wildman–Crippen LogP) is 3.16. The van der Waals surface area contributed by atoms with Crippen molar-refractivity contribution in [3.63, 3.8) is 0 Å². The van der Waals surface area contributed by atoms with Crippen LogP contribution in [0.15, 0.2) is 59.5 Å². The number of benzene rings is 2. The molecule has 1 N–H and O–H groups in total. The summed E-state index contributed by atoms with van der Waals surface area (Å²) in [5.74, 6) is 0. The molecule has 0 radical (unpaired) electrons. The van der Waals surface area contributed by atoms with E-state index < -0.39 is 16.3 Å². The minimum atomic E-state index is -5.21. The standard InChI is InChI=1S/C12H10BF3N2O2S/c14-13(15,16)17(21-12-4-2-1-3-5-12)10-6-8-11(9-7-10)18(19)20/h1-9,17H. The van der Waals surface area contributed by atoms with Gasteiger partial charge in [0.05, 0.1) is 21.8 Å². The molecule has 0 saturated carbocycles. The fraction of sp³-hybridized carbons (Fsp3) is 0. The molecule has 2 aromatic carbocycles. The third kappa shape index (κ3) is 3.99. The van der Waals surface area contributed by atoms with Crippen LogP contribution in [-0.4, -0.2) is 12.0 Å². The van der Waals surface area contributed by atoms with Crippen molar-refractivity contribution in [2.24, 2.45) is 0 Å². The van der Waals surface area contributed by atoms with Crippen LogP contribution in [0.3, 0.4) is 0 Å². The summed E-state index contributed by atoms with van der Waals surface area (Å²) in [5.41, 5.74) is -0.306. The number of nitro benzene ring substituents is 1. The lowest BCUT2D eigenvalue weighted by molar-refractivity contribution is -0.579. The van der Waals surface area contributed by atoms with Gasteiger partial charge in [-0.2, -0.15) is 0 Å². The molecule has 0 amide bonds. The Kier molecular flexibility index (Phi) is 4.54. The molecule has 0 aliphatic carbocycles. The first-order chi connectivity index (χ1) is 9.88. The molecule has 1 atom stereocenters. The van der Waals surface area contributed by atoms with Crippen molar-refractivity contribution in [3.8, 4) is 0 Å². The van der Waals surface area contributed by atoms with E-state index in [2.05, 4.69) is 0 Å². The van der Waals surface area contributed by atoms with Crippen LogP contribution in [0, 0.1) is 10.1 Å². The van der Waals surface area contributed by atoms with Gasteiger partial charge < -0.3 is 17.2 Å². The summed E-state index contributed by atoms with van der Waals surface area (Å²) in [6, 6.07) is 12.6. The third-order valence-corrected chi connectivity index (χ3v) is 3.86. The van der Waals surface area contributed by atoms with E-state index >= 15 is 0 Å². The molecule has 0 aliphatic heterocycles. The predicted molar refractivity (Wildman–Crippen MR) is 75.1 cm³/mol. The minimum Gasteiger partial charge on any atom is -0.387 e.